The number of alkyl halides is 4. The summed E-state index contributed by atoms with van der Waals surface area (Å²) in [5.41, 5.74) is 4.78. The summed E-state index contributed by atoms with van der Waals surface area (Å²) in [4.78, 5) is 0. The normalized spacial score (nSPS) is 14.3. The van der Waals surface area contributed by atoms with E-state index in [1.807, 2.05) is 0 Å². The Hall–Kier alpha value is -1.10. The Morgan fingerprint density at radius 2 is 1.73 bits per heavy atom. The average molecular weight is 221 g/mol. The topological polar surface area (TPSA) is 26.0 Å². The van der Waals surface area contributed by atoms with Gasteiger partial charge in [-0.25, -0.2) is 8.78 Å². The van der Waals surface area contributed by atoms with Gasteiger partial charge in [-0.15, -0.1) is 0 Å². The fraction of sp³-hybridized carbons (Fsp3) is 0.400. The first-order valence-electron chi connectivity index (χ1n) is 4.38. The second-order valence-corrected chi connectivity index (χ2v) is 3.30. The summed E-state index contributed by atoms with van der Waals surface area (Å²) in [5.74, 6) is -4.15. The van der Waals surface area contributed by atoms with E-state index in [1.165, 1.54) is 25.1 Å². The van der Waals surface area contributed by atoms with Crippen molar-refractivity contribution in [2.24, 2.45) is 5.73 Å². The van der Waals surface area contributed by atoms with Crippen LogP contribution >= 0.6 is 0 Å². The van der Waals surface area contributed by atoms with E-state index >= 15 is 0 Å². The van der Waals surface area contributed by atoms with E-state index in [2.05, 4.69) is 0 Å². The van der Waals surface area contributed by atoms with Gasteiger partial charge in [-0.3, -0.25) is 0 Å². The van der Waals surface area contributed by atoms with Crippen LogP contribution in [0.2, 0.25) is 0 Å². The lowest BCUT2D eigenvalue weighted by Gasteiger charge is -2.20. The average Bonchev–Trinajstić information content (AvgIpc) is 2.17. The molecular weight excluding hydrogens is 210 g/mol. The maximum atomic E-state index is 13.1. The monoisotopic (exact) mass is 221 g/mol. The number of rotatable bonds is 3. The van der Waals surface area contributed by atoms with Gasteiger partial charge in [0.05, 0.1) is 0 Å². The van der Waals surface area contributed by atoms with E-state index < -0.39 is 24.0 Å². The van der Waals surface area contributed by atoms with E-state index in [4.69, 9.17) is 5.73 Å². The van der Waals surface area contributed by atoms with Crippen molar-refractivity contribution in [2.45, 2.75) is 25.3 Å². The summed E-state index contributed by atoms with van der Waals surface area (Å²) in [6.07, 6.45) is -3.72. The first-order valence-corrected chi connectivity index (χ1v) is 4.38. The zero-order chi connectivity index (χ0) is 11.6. The van der Waals surface area contributed by atoms with Gasteiger partial charge in [-0.05, 0) is 12.5 Å². The molecule has 2 N–H and O–H groups in total. The summed E-state index contributed by atoms with van der Waals surface area (Å²) < 4.78 is 50.5. The summed E-state index contributed by atoms with van der Waals surface area (Å²) >= 11 is 0. The van der Waals surface area contributed by atoms with Crippen molar-refractivity contribution in [3.05, 3.63) is 35.4 Å². The Morgan fingerprint density at radius 1 is 1.20 bits per heavy atom. The minimum atomic E-state index is -4.15. The van der Waals surface area contributed by atoms with Crippen LogP contribution in [0.1, 0.15) is 24.1 Å². The van der Waals surface area contributed by atoms with Crippen molar-refractivity contribution in [2.75, 3.05) is 0 Å². The first-order chi connectivity index (χ1) is 6.87. The Morgan fingerprint density at radius 3 is 2.20 bits per heavy atom. The van der Waals surface area contributed by atoms with Gasteiger partial charge in [0.2, 0.25) is 0 Å². The second-order valence-electron chi connectivity index (χ2n) is 3.30. The third kappa shape index (κ3) is 2.28. The van der Waals surface area contributed by atoms with Crippen LogP contribution < -0.4 is 5.73 Å². The molecule has 0 saturated carbocycles. The minimum absolute atomic E-state index is 0.0443. The number of halogens is 4. The molecule has 1 atom stereocenters. The molecule has 0 amide bonds. The van der Waals surface area contributed by atoms with E-state index in [0.717, 1.165) is 6.07 Å². The summed E-state index contributed by atoms with van der Waals surface area (Å²) in [7, 11) is 0. The van der Waals surface area contributed by atoms with Crippen LogP contribution in [-0.4, -0.2) is 6.43 Å². The molecule has 0 bridgehead atoms. The standard InChI is InChI=1S/C10H11F4N/c1-6(15)7-4-2-3-5-8(7)10(13,14)9(11)12/h2-6,9H,15H2,1H3. The molecule has 0 aliphatic rings. The highest BCUT2D eigenvalue weighted by molar-refractivity contribution is 5.33. The predicted octanol–water partition coefficient (Wildman–Crippen LogP) is 3.06. The maximum absolute atomic E-state index is 13.1. The molecule has 0 heterocycles. The lowest BCUT2D eigenvalue weighted by Crippen LogP contribution is -2.26. The molecule has 0 saturated heterocycles. The molecule has 1 aromatic rings. The van der Waals surface area contributed by atoms with Gasteiger partial charge in [0.25, 0.3) is 0 Å². The Kier molecular flexibility index (Phi) is 3.34. The highest BCUT2D eigenvalue weighted by Crippen LogP contribution is 2.37. The molecule has 15 heavy (non-hydrogen) atoms. The van der Waals surface area contributed by atoms with E-state index in [0.29, 0.717) is 0 Å². The van der Waals surface area contributed by atoms with E-state index in [9.17, 15) is 17.6 Å². The minimum Gasteiger partial charge on any atom is -0.324 e. The molecule has 5 heteroatoms. The van der Waals surface area contributed by atoms with Crippen molar-refractivity contribution in [1.82, 2.24) is 0 Å². The second kappa shape index (κ2) is 4.18. The zero-order valence-electron chi connectivity index (χ0n) is 8.05. The van der Waals surface area contributed by atoms with Crippen molar-refractivity contribution in [3.63, 3.8) is 0 Å². The van der Waals surface area contributed by atoms with Crippen LogP contribution in [0.4, 0.5) is 17.6 Å². The highest BCUT2D eigenvalue weighted by Gasteiger charge is 2.44. The molecule has 84 valence electrons. The molecule has 1 nitrogen and oxygen atoms in total. The lowest BCUT2D eigenvalue weighted by molar-refractivity contribution is -0.135. The van der Waals surface area contributed by atoms with Gasteiger partial charge < -0.3 is 5.73 Å². The summed E-state index contributed by atoms with van der Waals surface area (Å²) in [6, 6.07) is 4.38. The molecule has 1 unspecified atom stereocenters. The van der Waals surface area contributed by atoms with Crippen LogP contribution in [0.15, 0.2) is 24.3 Å². The summed E-state index contributed by atoms with van der Waals surface area (Å²) in [5, 5.41) is 0. The van der Waals surface area contributed by atoms with Gasteiger partial charge in [0.15, 0.2) is 0 Å². The SMILES string of the molecule is CC(N)c1ccccc1C(F)(F)C(F)F. The molecule has 0 radical (unpaired) electrons. The van der Waals surface area contributed by atoms with E-state index in [1.54, 1.807) is 0 Å². The van der Waals surface area contributed by atoms with E-state index in [-0.39, 0.29) is 5.56 Å². The summed E-state index contributed by atoms with van der Waals surface area (Å²) in [6.45, 7) is 1.47. The van der Waals surface area contributed by atoms with Gasteiger partial charge in [0.1, 0.15) is 0 Å². The molecular formula is C10H11F4N. The van der Waals surface area contributed by atoms with Crippen molar-refractivity contribution >= 4 is 0 Å². The third-order valence-electron chi connectivity index (χ3n) is 2.08. The molecule has 1 aromatic carbocycles. The van der Waals surface area contributed by atoms with Crippen molar-refractivity contribution < 1.29 is 17.6 Å². The predicted molar refractivity (Wildman–Crippen MR) is 48.9 cm³/mol. The molecule has 1 rings (SSSR count). The van der Waals surface area contributed by atoms with Crippen molar-refractivity contribution in [3.8, 4) is 0 Å². The van der Waals surface area contributed by atoms with Crippen LogP contribution in [0.5, 0.6) is 0 Å². The van der Waals surface area contributed by atoms with Gasteiger partial charge in [0, 0.05) is 11.6 Å². The number of benzene rings is 1. The molecule has 0 aliphatic carbocycles. The van der Waals surface area contributed by atoms with Gasteiger partial charge in [-0.2, -0.15) is 8.78 Å². The van der Waals surface area contributed by atoms with Gasteiger partial charge >= 0.3 is 12.3 Å². The van der Waals surface area contributed by atoms with Crippen LogP contribution in [0.25, 0.3) is 0 Å². The van der Waals surface area contributed by atoms with Crippen LogP contribution in [0, 0.1) is 0 Å². The fourth-order valence-electron chi connectivity index (χ4n) is 1.32. The zero-order valence-corrected chi connectivity index (χ0v) is 8.05. The molecule has 0 fully saturated rings. The maximum Gasteiger partial charge on any atom is 0.332 e. The lowest BCUT2D eigenvalue weighted by atomic mass is 9.97. The number of hydrogen-bond donors (Lipinski definition) is 1. The Balaban J connectivity index is 3.24. The molecule has 0 aromatic heterocycles. The van der Waals surface area contributed by atoms with Crippen molar-refractivity contribution in [1.29, 1.82) is 0 Å². The molecule has 0 spiro atoms. The fourth-order valence-corrected chi connectivity index (χ4v) is 1.32. The van der Waals surface area contributed by atoms with Crippen LogP contribution in [-0.2, 0) is 5.92 Å². The quantitative estimate of drug-likeness (QED) is 0.780. The Bertz CT molecular complexity index is 336. The number of hydrogen-bond acceptors (Lipinski definition) is 1. The van der Waals surface area contributed by atoms with Crippen LogP contribution in [0.3, 0.4) is 0 Å². The smallest absolute Gasteiger partial charge is 0.324 e. The third-order valence-corrected chi connectivity index (χ3v) is 2.08. The van der Waals surface area contributed by atoms with Gasteiger partial charge in [-0.1, -0.05) is 24.3 Å². The molecule has 0 aliphatic heterocycles. The first kappa shape index (κ1) is 12.0. The number of nitrogens with two attached hydrogens (primary N) is 1. The highest BCUT2D eigenvalue weighted by atomic mass is 19.3. The largest absolute Gasteiger partial charge is 0.332 e. The Labute approximate surface area is 84.9 Å².